The fourth-order valence-electron chi connectivity index (χ4n) is 2.63. The molecule has 3 nitrogen and oxygen atoms in total. The van der Waals surface area contributed by atoms with Crippen LogP contribution in [-0.2, 0) is 17.6 Å². The highest BCUT2D eigenvalue weighted by atomic mass is 16.5. The molecular formula is C17H25NO2. The topological polar surface area (TPSA) is 38.3 Å². The van der Waals surface area contributed by atoms with E-state index >= 15 is 0 Å². The van der Waals surface area contributed by atoms with Gasteiger partial charge in [0.05, 0.1) is 0 Å². The molecule has 0 saturated heterocycles. The maximum absolute atomic E-state index is 12.0. The van der Waals surface area contributed by atoms with Crippen LogP contribution in [0.3, 0.4) is 0 Å². The number of fused-ring (bicyclic) bond motifs is 1. The smallest absolute Gasteiger partial charge is 0.260 e. The van der Waals surface area contributed by atoms with E-state index in [4.69, 9.17) is 4.74 Å². The van der Waals surface area contributed by atoms with Crippen molar-refractivity contribution >= 4 is 5.91 Å². The second-order valence-electron chi connectivity index (χ2n) is 5.51. The summed E-state index contributed by atoms with van der Waals surface area (Å²) in [6.07, 6.45) is 6.33. The van der Waals surface area contributed by atoms with Crippen molar-refractivity contribution in [3.8, 4) is 5.75 Å². The van der Waals surface area contributed by atoms with E-state index in [1.807, 2.05) is 19.1 Å². The Labute approximate surface area is 121 Å². The Kier molecular flexibility index (Phi) is 5.45. The van der Waals surface area contributed by atoms with Gasteiger partial charge in [-0.3, -0.25) is 4.79 Å². The van der Waals surface area contributed by atoms with E-state index in [0.717, 1.165) is 38.0 Å². The predicted octanol–water partition coefficient (Wildman–Crippen LogP) is 3.25. The number of nitrogens with one attached hydrogen (secondary N) is 1. The number of hydrogen-bond acceptors (Lipinski definition) is 2. The SMILES string of the molecule is CCCCNC(=O)C(C)Oc1cccc2c1CCCC2. The van der Waals surface area contributed by atoms with E-state index < -0.39 is 6.10 Å². The maximum Gasteiger partial charge on any atom is 0.260 e. The van der Waals surface area contributed by atoms with Crippen LogP contribution >= 0.6 is 0 Å². The van der Waals surface area contributed by atoms with Gasteiger partial charge in [-0.05, 0) is 56.2 Å². The molecule has 0 bridgehead atoms. The summed E-state index contributed by atoms with van der Waals surface area (Å²) in [5.74, 6) is 0.868. The van der Waals surface area contributed by atoms with Gasteiger partial charge in [0, 0.05) is 6.54 Å². The van der Waals surface area contributed by atoms with E-state index in [9.17, 15) is 4.79 Å². The Bertz CT molecular complexity index is 456. The summed E-state index contributed by atoms with van der Waals surface area (Å²) in [7, 11) is 0. The fourth-order valence-corrected chi connectivity index (χ4v) is 2.63. The van der Waals surface area contributed by atoms with E-state index in [1.54, 1.807) is 0 Å². The van der Waals surface area contributed by atoms with Gasteiger partial charge < -0.3 is 10.1 Å². The summed E-state index contributed by atoms with van der Waals surface area (Å²) in [6.45, 7) is 4.67. The Balaban J connectivity index is 1.97. The third-order valence-corrected chi connectivity index (χ3v) is 3.86. The zero-order chi connectivity index (χ0) is 14.4. The van der Waals surface area contributed by atoms with Gasteiger partial charge in [-0.2, -0.15) is 0 Å². The molecule has 0 heterocycles. The van der Waals surface area contributed by atoms with Gasteiger partial charge in [0.25, 0.3) is 5.91 Å². The minimum absolute atomic E-state index is 0.0214. The van der Waals surface area contributed by atoms with Crippen molar-refractivity contribution in [2.24, 2.45) is 0 Å². The third kappa shape index (κ3) is 3.75. The molecule has 1 unspecified atom stereocenters. The maximum atomic E-state index is 12.0. The van der Waals surface area contributed by atoms with E-state index in [2.05, 4.69) is 18.3 Å². The molecule has 1 N–H and O–H groups in total. The van der Waals surface area contributed by atoms with Crippen LogP contribution in [-0.4, -0.2) is 18.6 Å². The van der Waals surface area contributed by atoms with Gasteiger partial charge in [0.1, 0.15) is 5.75 Å². The lowest BCUT2D eigenvalue weighted by atomic mass is 9.91. The van der Waals surface area contributed by atoms with Gasteiger partial charge in [-0.15, -0.1) is 0 Å². The van der Waals surface area contributed by atoms with Gasteiger partial charge in [-0.1, -0.05) is 25.5 Å². The highest BCUT2D eigenvalue weighted by molar-refractivity contribution is 5.80. The molecule has 1 aromatic carbocycles. The van der Waals surface area contributed by atoms with Crippen molar-refractivity contribution in [2.75, 3.05) is 6.54 Å². The van der Waals surface area contributed by atoms with E-state index in [1.165, 1.54) is 24.0 Å². The normalized spacial score (nSPS) is 15.3. The molecule has 1 aliphatic rings. The number of ether oxygens (including phenoxy) is 1. The fraction of sp³-hybridized carbons (Fsp3) is 0.588. The number of rotatable bonds is 6. The van der Waals surface area contributed by atoms with E-state index in [-0.39, 0.29) is 5.91 Å². The molecule has 0 aliphatic heterocycles. The number of amides is 1. The number of benzene rings is 1. The lowest BCUT2D eigenvalue weighted by Crippen LogP contribution is -2.37. The summed E-state index contributed by atoms with van der Waals surface area (Å²) >= 11 is 0. The summed E-state index contributed by atoms with van der Waals surface area (Å²) in [4.78, 5) is 12.0. The molecule has 110 valence electrons. The van der Waals surface area contributed by atoms with Crippen molar-refractivity contribution in [2.45, 2.75) is 58.5 Å². The number of carbonyl (C=O) groups is 1. The quantitative estimate of drug-likeness (QED) is 0.809. The van der Waals surface area contributed by atoms with E-state index in [0.29, 0.717) is 0 Å². The van der Waals surface area contributed by atoms with Crippen molar-refractivity contribution in [1.29, 1.82) is 0 Å². The lowest BCUT2D eigenvalue weighted by Gasteiger charge is -2.22. The minimum atomic E-state index is -0.430. The van der Waals surface area contributed by atoms with Crippen molar-refractivity contribution in [3.63, 3.8) is 0 Å². The largest absolute Gasteiger partial charge is 0.481 e. The Morgan fingerprint density at radius 2 is 2.15 bits per heavy atom. The van der Waals surface area contributed by atoms with Crippen LogP contribution in [0.4, 0.5) is 0 Å². The number of aryl methyl sites for hydroxylation is 1. The van der Waals surface area contributed by atoms with Crippen molar-refractivity contribution in [3.05, 3.63) is 29.3 Å². The van der Waals surface area contributed by atoms with Crippen LogP contribution < -0.4 is 10.1 Å². The molecule has 3 heteroatoms. The standard InChI is InChI=1S/C17H25NO2/c1-3-4-12-18-17(19)13(2)20-16-11-7-9-14-8-5-6-10-15(14)16/h7,9,11,13H,3-6,8,10,12H2,1-2H3,(H,18,19). The predicted molar refractivity (Wildman–Crippen MR) is 81.1 cm³/mol. The summed E-state index contributed by atoms with van der Waals surface area (Å²) in [6, 6.07) is 6.19. The monoisotopic (exact) mass is 275 g/mol. The molecule has 20 heavy (non-hydrogen) atoms. The van der Waals surface area contributed by atoms with Gasteiger partial charge >= 0.3 is 0 Å². The van der Waals surface area contributed by atoms with Crippen molar-refractivity contribution in [1.82, 2.24) is 5.32 Å². The molecule has 1 amide bonds. The van der Waals surface area contributed by atoms with Crippen molar-refractivity contribution < 1.29 is 9.53 Å². The van der Waals surface area contributed by atoms with Gasteiger partial charge in [-0.25, -0.2) is 0 Å². The molecule has 0 radical (unpaired) electrons. The zero-order valence-corrected chi connectivity index (χ0v) is 12.6. The molecule has 0 spiro atoms. The third-order valence-electron chi connectivity index (χ3n) is 3.86. The molecular weight excluding hydrogens is 250 g/mol. The first-order chi connectivity index (χ1) is 9.72. The first-order valence-corrected chi connectivity index (χ1v) is 7.77. The number of carbonyl (C=O) groups excluding carboxylic acids is 1. The molecule has 1 atom stereocenters. The molecule has 1 aliphatic carbocycles. The first-order valence-electron chi connectivity index (χ1n) is 7.77. The lowest BCUT2D eigenvalue weighted by molar-refractivity contribution is -0.127. The second-order valence-corrected chi connectivity index (χ2v) is 5.51. The van der Waals surface area contributed by atoms with Crippen LogP contribution in [0.1, 0.15) is 50.7 Å². The van der Waals surface area contributed by atoms with Crippen LogP contribution in [0.2, 0.25) is 0 Å². The van der Waals surface area contributed by atoms with Crippen LogP contribution in [0.5, 0.6) is 5.75 Å². The molecule has 0 aromatic heterocycles. The molecule has 2 rings (SSSR count). The Hall–Kier alpha value is -1.51. The highest BCUT2D eigenvalue weighted by Crippen LogP contribution is 2.30. The van der Waals surface area contributed by atoms with Gasteiger partial charge in [0.15, 0.2) is 6.10 Å². The Morgan fingerprint density at radius 1 is 1.35 bits per heavy atom. The summed E-state index contributed by atoms with van der Waals surface area (Å²) < 4.78 is 5.89. The van der Waals surface area contributed by atoms with Gasteiger partial charge in [0.2, 0.25) is 0 Å². The molecule has 0 fully saturated rings. The number of unbranched alkanes of at least 4 members (excludes halogenated alkanes) is 1. The molecule has 1 aromatic rings. The minimum Gasteiger partial charge on any atom is -0.481 e. The summed E-state index contributed by atoms with van der Waals surface area (Å²) in [5, 5.41) is 2.92. The number of hydrogen-bond donors (Lipinski definition) is 1. The average Bonchev–Trinajstić information content (AvgIpc) is 2.47. The first kappa shape index (κ1) is 14.9. The molecule has 0 saturated carbocycles. The highest BCUT2D eigenvalue weighted by Gasteiger charge is 2.18. The van der Waals surface area contributed by atoms with Crippen LogP contribution in [0, 0.1) is 0 Å². The van der Waals surface area contributed by atoms with Crippen LogP contribution in [0.25, 0.3) is 0 Å². The Morgan fingerprint density at radius 3 is 2.95 bits per heavy atom. The second kappa shape index (κ2) is 7.32. The average molecular weight is 275 g/mol. The van der Waals surface area contributed by atoms with Crippen LogP contribution in [0.15, 0.2) is 18.2 Å². The zero-order valence-electron chi connectivity index (χ0n) is 12.6. The summed E-state index contributed by atoms with van der Waals surface area (Å²) in [5.41, 5.74) is 2.68.